The number of aromatic nitrogens is 1. The Morgan fingerprint density at radius 2 is 1.53 bits per heavy atom. The van der Waals surface area contributed by atoms with E-state index in [9.17, 15) is 13.2 Å². The minimum absolute atomic E-state index is 0.0902. The highest BCUT2D eigenvalue weighted by Gasteiger charge is 2.36. The number of benzene rings is 2. The van der Waals surface area contributed by atoms with Crippen molar-refractivity contribution in [1.82, 2.24) is 10.3 Å². The van der Waals surface area contributed by atoms with Crippen LogP contribution in [0, 0.1) is 6.92 Å². The summed E-state index contributed by atoms with van der Waals surface area (Å²) in [6.07, 6.45) is 4.87. The van der Waals surface area contributed by atoms with Crippen molar-refractivity contribution >= 4 is 33.0 Å². The van der Waals surface area contributed by atoms with Crippen LogP contribution in [0.4, 0.5) is 17.1 Å². The van der Waals surface area contributed by atoms with Gasteiger partial charge in [0, 0.05) is 30.8 Å². The topological polar surface area (TPSA) is 82.6 Å². The molecule has 0 aliphatic carbocycles. The molecule has 32 heavy (non-hydrogen) atoms. The van der Waals surface area contributed by atoms with E-state index in [0.29, 0.717) is 18.7 Å². The number of rotatable bonds is 6. The summed E-state index contributed by atoms with van der Waals surface area (Å²) in [6.45, 7) is 2.59. The molecular weight excluding hydrogens is 424 g/mol. The first-order valence-electron chi connectivity index (χ1n) is 10.5. The molecule has 1 saturated heterocycles. The Morgan fingerprint density at radius 1 is 0.938 bits per heavy atom. The second-order valence-electron chi connectivity index (χ2n) is 7.85. The van der Waals surface area contributed by atoms with Crippen LogP contribution in [-0.2, 0) is 14.8 Å². The van der Waals surface area contributed by atoms with E-state index in [1.807, 2.05) is 43.1 Å². The van der Waals surface area contributed by atoms with Gasteiger partial charge in [0.05, 0.1) is 16.6 Å². The van der Waals surface area contributed by atoms with Crippen molar-refractivity contribution < 1.29 is 13.2 Å². The van der Waals surface area contributed by atoms with E-state index in [4.69, 9.17) is 0 Å². The number of nitrogens with one attached hydrogen (secondary N) is 1. The molecule has 7 nitrogen and oxygen atoms in total. The van der Waals surface area contributed by atoms with Gasteiger partial charge in [0.15, 0.2) is 0 Å². The highest BCUT2D eigenvalue weighted by Crippen LogP contribution is 2.30. The van der Waals surface area contributed by atoms with Gasteiger partial charge in [0.1, 0.15) is 0 Å². The van der Waals surface area contributed by atoms with Crippen LogP contribution >= 0.6 is 0 Å². The molecule has 1 atom stereocenters. The first-order chi connectivity index (χ1) is 15.4. The van der Waals surface area contributed by atoms with Gasteiger partial charge in [0.2, 0.25) is 0 Å². The number of hydrogen-bond donors (Lipinski definition) is 1. The molecule has 0 bridgehead atoms. The Morgan fingerprint density at radius 3 is 2.12 bits per heavy atom. The van der Waals surface area contributed by atoms with E-state index in [2.05, 4.69) is 10.3 Å². The zero-order chi connectivity index (χ0) is 22.7. The number of amides is 1. The van der Waals surface area contributed by atoms with E-state index in [1.54, 1.807) is 48.8 Å². The Labute approximate surface area is 188 Å². The van der Waals surface area contributed by atoms with Crippen molar-refractivity contribution in [3.63, 3.8) is 0 Å². The molecule has 0 spiro atoms. The number of anilines is 3. The maximum atomic E-state index is 13.5. The second-order valence-corrected chi connectivity index (χ2v) is 9.64. The fourth-order valence-electron chi connectivity index (χ4n) is 3.77. The van der Waals surface area contributed by atoms with Gasteiger partial charge < -0.3 is 10.2 Å². The Kier molecular flexibility index (Phi) is 6.25. The van der Waals surface area contributed by atoms with Crippen molar-refractivity contribution in [3.05, 3.63) is 78.6 Å². The lowest BCUT2D eigenvalue weighted by Crippen LogP contribution is -2.46. The van der Waals surface area contributed by atoms with Gasteiger partial charge in [-0.2, -0.15) is 0 Å². The third-order valence-corrected chi connectivity index (χ3v) is 7.38. The first-order valence-corrected chi connectivity index (χ1v) is 11.9. The molecule has 1 N–H and O–H groups in total. The molecule has 8 heteroatoms. The molecule has 166 valence electrons. The number of nitrogens with zero attached hydrogens (tertiary/aromatic N) is 3. The van der Waals surface area contributed by atoms with Crippen LogP contribution in [-0.4, -0.2) is 38.9 Å². The lowest BCUT2D eigenvalue weighted by Gasteiger charge is -2.26. The Hall–Kier alpha value is -3.23. The molecule has 0 saturated carbocycles. The highest BCUT2D eigenvalue weighted by atomic mass is 32.2. The van der Waals surface area contributed by atoms with E-state index in [1.165, 1.54) is 0 Å². The average molecular weight is 451 g/mol. The molecule has 1 aromatic heterocycles. The number of hydrogen-bond acceptors (Lipinski definition) is 6. The number of carbonyl (C=O) groups excluding carboxylic acids is 1. The zero-order valence-corrected chi connectivity index (χ0v) is 18.9. The maximum absolute atomic E-state index is 13.5. The van der Waals surface area contributed by atoms with Gasteiger partial charge in [-0.15, -0.1) is 0 Å². The smallest absolute Gasteiger partial charge is 0.270 e. The third kappa shape index (κ3) is 4.37. The normalized spacial score (nSPS) is 16.0. The molecular formula is C24H26N4O3S. The molecule has 0 unspecified atom stereocenters. The van der Waals surface area contributed by atoms with Crippen molar-refractivity contribution in [2.24, 2.45) is 0 Å². The van der Waals surface area contributed by atoms with E-state index < -0.39 is 22.0 Å². The van der Waals surface area contributed by atoms with Gasteiger partial charge in [-0.05, 0) is 74.8 Å². The number of carbonyl (C=O) groups is 1. The van der Waals surface area contributed by atoms with Crippen molar-refractivity contribution in [3.8, 4) is 0 Å². The van der Waals surface area contributed by atoms with E-state index >= 15 is 0 Å². The maximum Gasteiger partial charge on any atom is 0.270 e. The molecule has 2 heterocycles. The summed E-state index contributed by atoms with van der Waals surface area (Å²) in [6, 6.07) is 16.8. The predicted octanol–water partition coefficient (Wildman–Crippen LogP) is 3.63. The van der Waals surface area contributed by atoms with Crippen LogP contribution in [0.3, 0.4) is 0 Å². The van der Waals surface area contributed by atoms with E-state index in [0.717, 1.165) is 27.7 Å². The van der Waals surface area contributed by atoms with Gasteiger partial charge in [-0.1, -0.05) is 17.7 Å². The van der Waals surface area contributed by atoms with Crippen molar-refractivity contribution in [1.29, 1.82) is 0 Å². The molecule has 2 aromatic carbocycles. The van der Waals surface area contributed by atoms with Gasteiger partial charge >= 0.3 is 0 Å². The third-order valence-electron chi connectivity index (χ3n) is 5.64. The summed E-state index contributed by atoms with van der Waals surface area (Å²) < 4.78 is 28.0. The largest absolute Gasteiger partial charge is 0.345 e. The van der Waals surface area contributed by atoms with Crippen LogP contribution < -0.4 is 14.5 Å². The van der Waals surface area contributed by atoms with Crippen LogP contribution in [0.2, 0.25) is 0 Å². The number of pyridine rings is 1. The Bertz CT molecular complexity index is 1170. The SMILES string of the molecule is Cc1ccc(S(=O)(=O)N(C(=O)[C@@H]2CCCN2)c2ccc(N(C)c3ccncc3)cc2)cc1. The lowest BCUT2D eigenvalue weighted by atomic mass is 10.2. The van der Waals surface area contributed by atoms with E-state index in [-0.39, 0.29) is 4.90 Å². The van der Waals surface area contributed by atoms with Crippen LogP contribution in [0.5, 0.6) is 0 Å². The summed E-state index contributed by atoms with van der Waals surface area (Å²) in [5.41, 5.74) is 3.07. The van der Waals surface area contributed by atoms with Crippen LogP contribution in [0.15, 0.2) is 78.0 Å². The molecule has 1 aliphatic rings. The lowest BCUT2D eigenvalue weighted by molar-refractivity contribution is -0.119. The first kappa shape index (κ1) is 22.0. The fourth-order valence-corrected chi connectivity index (χ4v) is 5.22. The monoisotopic (exact) mass is 450 g/mol. The molecule has 1 amide bonds. The Balaban J connectivity index is 1.71. The minimum Gasteiger partial charge on any atom is -0.345 e. The quantitative estimate of drug-likeness (QED) is 0.618. The molecule has 1 fully saturated rings. The summed E-state index contributed by atoms with van der Waals surface area (Å²) >= 11 is 0. The van der Waals surface area contributed by atoms with Crippen LogP contribution in [0.25, 0.3) is 0 Å². The van der Waals surface area contributed by atoms with Gasteiger partial charge in [0.25, 0.3) is 15.9 Å². The molecule has 3 aromatic rings. The zero-order valence-electron chi connectivity index (χ0n) is 18.1. The molecule has 1 aliphatic heterocycles. The average Bonchev–Trinajstić information content (AvgIpc) is 3.35. The fraction of sp³-hybridized carbons (Fsp3) is 0.250. The minimum atomic E-state index is -4.07. The van der Waals surface area contributed by atoms with Gasteiger partial charge in [-0.25, -0.2) is 12.7 Å². The standard InChI is InChI=1S/C24H26N4O3S/c1-18-5-11-22(12-6-18)32(30,31)28(24(29)23-4-3-15-26-23)21-9-7-19(8-10-21)27(2)20-13-16-25-17-14-20/h5-14,16-17,23,26H,3-4,15H2,1-2H3/t23-/m0/s1. The number of aryl methyl sites for hydroxylation is 1. The van der Waals surface area contributed by atoms with Crippen molar-refractivity contribution in [2.75, 3.05) is 22.8 Å². The highest BCUT2D eigenvalue weighted by molar-refractivity contribution is 7.93. The predicted molar refractivity (Wildman–Crippen MR) is 126 cm³/mol. The molecule has 4 rings (SSSR count). The van der Waals surface area contributed by atoms with Gasteiger partial charge in [-0.3, -0.25) is 9.78 Å². The van der Waals surface area contributed by atoms with Crippen molar-refractivity contribution in [2.45, 2.75) is 30.7 Å². The molecule has 0 radical (unpaired) electrons. The van der Waals surface area contributed by atoms with Crippen LogP contribution in [0.1, 0.15) is 18.4 Å². The second kappa shape index (κ2) is 9.10. The summed E-state index contributed by atoms with van der Waals surface area (Å²) in [5, 5.41) is 3.12. The number of sulfonamides is 1. The summed E-state index contributed by atoms with van der Waals surface area (Å²) in [5.74, 6) is -0.460. The summed E-state index contributed by atoms with van der Waals surface area (Å²) in [7, 11) is -2.16. The summed E-state index contributed by atoms with van der Waals surface area (Å²) in [4.78, 5) is 19.4.